The van der Waals surface area contributed by atoms with Gasteiger partial charge in [0.05, 0.1) is 9.92 Å². The van der Waals surface area contributed by atoms with Crippen LogP contribution in [0.3, 0.4) is 0 Å². The molecule has 1 heterocycles. The second-order valence-electron chi connectivity index (χ2n) is 3.44. The lowest BCUT2D eigenvalue weighted by atomic mass is 10.1. The van der Waals surface area contributed by atoms with Gasteiger partial charge in [-0.05, 0) is 18.6 Å². The molecule has 5 heteroatoms. The number of non-ortho nitro benzene ring substituents is 1. The molecule has 0 saturated heterocycles. The van der Waals surface area contributed by atoms with Gasteiger partial charge in [-0.25, -0.2) is 0 Å². The van der Waals surface area contributed by atoms with E-state index >= 15 is 0 Å². The molecule has 0 aliphatic carbocycles. The van der Waals surface area contributed by atoms with Gasteiger partial charge >= 0.3 is 0 Å². The monoisotopic (exact) mass is 234 g/mol. The fourth-order valence-electron chi connectivity index (χ4n) is 1.54. The second-order valence-corrected chi connectivity index (χ2v) is 4.73. The standard InChI is InChI=1S/C11H10N2O2S/c1-7-5-10(11(12)16-7)8-3-2-4-9(6-8)13(14)15/h2-6H,12H2,1H3. The third-order valence-corrected chi connectivity index (χ3v) is 3.13. The smallest absolute Gasteiger partial charge is 0.270 e. The number of hydrogen-bond acceptors (Lipinski definition) is 4. The molecular weight excluding hydrogens is 224 g/mol. The lowest BCUT2D eigenvalue weighted by Gasteiger charge is -1.99. The van der Waals surface area contributed by atoms with E-state index in [1.165, 1.54) is 23.5 Å². The van der Waals surface area contributed by atoms with Gasteiger partial charge < -0.3 is 5.73 Å². The first-order valence-corrected chi connectivity index (χ1v) is 5.50. The first-order chi connectivity index (χ1) is 7.58. The van der Waals surface area contributed by atoms with Crippen molar-refractivity contribution in [2.45, 2.75) is 6.92 Å². The molecule has 82 valence electrons. The van der Waals surface area contributed by atoms with Crippen LogP contribution >= 0.6 is 11.3 Å². The van der Waals surface area contributed by atoms with Crippen molar-refractivity contribution in [1.29, 1.82) is 0 Å². The van der Waals surface area contributed by atoms with Gasteiger partial charge in [0.15, 0.2) is 0 Å². The predicted molar refractivity (Wildman–Crippen MR) is 65.6 cm³/mol. The number of aryl methyl sites for hydroxylation is 1. The number of nitrogens with two attached hydrogens (primary N) is 1. The van der Waals surface area contributed by atoms with Crippen molar-refractivity contribution >= 4 is 22.0 Å². The van der Waals surface area contributed by atoms with Gasteiger partial charge in [0.2, 0.25) is 0 Å². The fourth-order valence-corrected chi connectivity index (χ4v) is 2.36. The Hall–Kier alpha value is -1.88. The van der Waals surface area contributed by atoms with E-state index in [-0.39, 0.29) is 5.69 Å². The highest BCUT2D eigenvalue weighted by Crippen LogP contribution is 2.34. The molecule has 1 aromatic carbocycles. The number of hydrogen-bond donors (Lipinski definition) is 1. The van der Waals surface area contributed by atoms with Crippen LogP contribution in [0.1, 0.15) is 4.88 Å². The predicted octanol–water partition coefficient (Wildman–Crippen LogP) is 3.21. The normalized spacial score (nSPS) is 10.3. The van der Waals surface area contributed by atoms with Crippen LogP contribution in [-0.4, -0.2) is 4.92 Å². The van der Waals surface area contributed by atoms with Crippen LogP contribution in [0.25, 0.3) is 11.1 Å². The summed E-state index contributed by atoms with van der Waals surface area (Å²) in [5, 5.41) is 11.3. The highest BCUT2D eigenvalue weighted by molar-refractivity contribution is 7.16. The summed E-state index contributed by atoms with van der Waals surface area (Å²) in [7, 11) is 0. The van der Waals surface area contributed by atoms with E-state index in [1.807, 2.05) is 19.1 Å². The zero-order chi connectivity index (χ0) is 11.7. The van der Waals surface area contributed by atoms with E-state index in [0.717, 1.165) is 16.0 Å². The first kappa shape index (κ1) is 10.6. The molecule has 4 nitrogen and oxygen atoms in total. The quantitative estimate of drug-likeness (QED) is 0.640. The Labute approximate surface area is 96.5 Å². The summed E-state index contributed by atoms with van der Waals surface area (Å²) in [5.41, 5.74) is 7.59. The van der Waals surface area contributed by atoms with Crippen molar-refractivity contribution in [3.8, 4) is 11.1 Å². The van der Waals surface area contributed by atoms with Crippen LogP contribution in [0.5, 0.6) is 0 Å². The molecule has 16 heavy (non-hydrogen) atoms. The van der Waals surface area contributed by atoms with E-state index in [2.05, 4.69) is 0 Å². The van der Waals surface area contributed by atoms with Crippen LogP contribution < -0.4 is 5.73 Å². The summed E-state index contributed by atoms with van der Waals surface area (Å²) in [6.07, 6.45) is 0. The number of nitro groups is 1. The molecule has 1 aromatic heterocycles. The molecule has 0 saturated carbocycles. The Bertz CT molecular complexity index is 549. The number of benzene rings is 1. The Morgan fingerprint density at radius 1 is 1.38 bits per heavy atom. The minimum atomic E-state index is -0.404. The zero-order valence-corrected chi connectivity index (χ0v) is 9.45. The third-order valence-electron chi connectivity index (χ3n) is 2.25. The van der Waals surface area contributed by atoms with Crippen molar-refractivity contribution in [3.63, 3.8) is 0 Å². The van der Waals surface area contributed by atoms with E-state index in [0.29, 0.717) is 5.00 Å². The highest BCUT2D eigenvalue weighted by atomic mass is 32.1. The van der Waals surface area contributed by atoms with Crippen molar-refractivity contribution in [2.75, 3.05) is 5.73 Å². The molecule has 0 atom stereocenters. The zero-order valence-electron chi connectivity index (χ0n) is 8.64. The second kappa shape index (κ2) is 3.94. The van der Waals surface area contributed by atoms with Crippen molar-refractivity contribution in [3.05, 3.63) is 45.3 Å². The van der Waals surface area contributed by atoms with Gasteiger partial charge in [-0.1, -0.05) is 12.1 Å². The average molecular weight is 234 g/mol. The van der Waals surface area contributed by atoms with Gasteiger partial charge in [0.1, 0.15) is 0 Å². The average Bonchev–Trinajstić information content (AvgIpc) is 2.58. The Morgan fingerprint density at radius 3 is 2.69 bits per heavy atom. The molecule has 0 unspecified atom stereocenters. The van der Waals surface area contributed by atoms with Gasteiger partial charge in [-0.3, -0.25) is 10.1 Å². The Balaban J connectivity index is 2.52. The minimum Gasteiger partial charge on any atom is -0.390 e. The molecule has 0 spiro atoms. The summed E-state index contributed by atoms with van der Waals surface area (Å²) in [6.45, 7) is 1.96. The summed E-state index contributed by atoms with van der Waals surface area (Å²) in [6, 6.07) is 8.45. The summed E-state index contributed by atoms with van der Waals surface area (Å²) in [5.74, 6) is 0. The van der Waals surface area contributed by atoms with Crippen LogP contribution in [-0.2, 0) is 0 Å². The number of nitrogens with zero attached hydrogens (tertiary/aromatic N) is 1. The van der Waals surface area contributed by atoms with Crippen molar-refractivity contribution in [1.82, 2.24) is 0 Å². The lowest BCUT2D eigenvalue weighted by Crippen LogP contribution is -1.89. The molecule has 0 fully saturated rings. The maximum atomic E-state index is 10.7. The van der Waals surface area contributed by atoms with Crippen LogP contribution in [0.4, 0.5) is 10.7 Å². The molecule has 2 aromatic rings. The van der Waals surface area contributed by atoms with E-state index in [1.54, 1.807) is 6.07 Å². The van der Waals surface area contributed by atoms with Gasteiger partial charge in [-0.15, -0.1) is 11.3 Å². The largest absolute Gasteiger partial charge is 0.390 e. The molecular formula is C11H10N2O2S. The molecule has 2 N–H and O–H groups in total. The SMILES string of the molecule is Cc1cc(-c2cccc([N+](=O)[O-])c2)c(N)s1. The number of nitrogen functional groups attached to an aromatic ring is 1. The molecule has 0 amide bonds. The van der Waals surface area contributed by atoms with Gasteiger partial charge in [-0.2, -0.15) is 0 Å². The number of rotatable bonds is 2. The number of anilines is 1. The number of thiophene rings is 1. The Kier molecular flexibility index (Phi) is 2.62. The molecule has 0 aliphatic heterocycles. The summed E-state index contributed by atoms with van der Waals surface area (Å²) in [4.78, 5) is 11.3. The summed E-state index contributed by atoms with van der Waals surface area (Å²) >= 11 is 1.49. The minimum absolute atomic E-state index is 0.0840. The Morgan fingerprint density at radius 2 is 2.12 bits per heavy atom. The number of nitro benzene ring substituents is 1. The summed E-state index contributed by atoms with van der Waals surface area (Å²) < 4.78 is 0. The molecule has 0 bridgehead atoms. The van der Waals surface area contributed by atoms with Crippen LogP contribution in [0, 0.1) is 17.0 Å². The van der Waals surface area contributed by atoms with E-state index in [9.17, 15) is 10.1 Å². The first-order valence-electron chi connectivity index (χ1n) is 4.68. The van der Waals surface area contributed by atoms with Gasteiger partial charge in [0.25, 0.3) is 5.69 Å². The topological polar surface area (TPSA) is 69.2 Å². The van der Waals surface area contributed by atoms with Crippen molar-refractivity contribution < 1.29 is 4.92 Å². The highest BCUT2D eigenvalue weighted by Gasteiger charge is 2.10. The lowest BCUT2D eigenvalue weighted by molar-refractivity contribution is -0.384. The molecule has 2 rings (SSSR count). The third kappa shape index (κ3) is 1.90. The maximum Gasteiger partial charge on any atom is 0.270 e. The van der Waals surface area contributed by atoms with Crippen LogP contribution in [0.15, 0.2) is 30.3 Å². The fraction of sp³-hybridized carbons (Fsp3) is 0.0909. The molecule has 0 aliphatic rings. The van der Waals surface area contributed by atoms with Gasteiger partial charge in [0, 0.05) is 22.6 Å². The van der Waals surface area contributed by atoms with E-state index < -0.39 is 4.92 Å². The van der Waals surface area contributed by atoms with Crippen molar-refractivity contribution in [2.24, 2.45) is 0 Å². The van der Waals surface area contributed by atoms with E-state index in [4.69, 9.17) is 5.73 Å². The maximum absolute atomic E-state index is 10.7. The van der Waals surface area contributed by atoms with Crippen LogP contribution in [0.2, 0.25) is 0 Å². The molecule has 0 radical (unpaired) electrons.